The number of hydrogen-bond donors (Lipinski definition) is 2. The van der Waals surface area contributed by atoms with Gasteiger partial charge in [-0.05, 0) is 53.4 Å². The fourth-order valence-electron chi connectivity index (χ4n) is 2.79. The summed E-state index contributed by atoms with van der Waals surface area (Å²) in [4.78, 5) is 12.2. The molecule has 0 radical (unpaired) electrons. The number of aromatic hydroxyl groups is 1. The lowest BCUT2D eigenvalue weighted by atomic mass is 10.0. The fourth-order valence-corrected chi connectivity index (χ4v) is 2.79. The Morgan fingerprint density at radius 2 is 1.50 bits per heavy atom. The van der Waals surface area contributed by atoms with E-state index in [-0.39, 0.29) is 18.2 Å². The van der Waals surface area contributed by atoms with Crippen molar-refractivity contribution in [2.45, 2.75) is 12.6 Å². The second kappa shape index (κ2) is 8.17. The van der Waals surface area contributed by atoms with Crippen molar-refractivity contribution in [3.05, 3.63) is 89.5 Å². The fraction of sp³-hybridized carbons (Fsp3) is 0.136. The molecular weight excluding hydrogens is 367 g/mol. The van der Waals surface area contributed by atoms with Crippen molar-refractivity contribution >= 4 is 5.91 Å². The van der Waals surface area contributed by atoms with Gasteiger partial charge in [-0.3, -0.25) is 4.79 Å². The van der Waals surface area contributed by atoms with Crippen LogP contribution < -0.4 is 5.32 Å². The van der Waals surface area contributed by atoms with E-state index in [2.05, 4.69) is 5.32 Å². The summed E-state index contributed by atoms with van der Waals surface area (Å²) in [6.07, 6.45) is -4.07. The van der Waals surface area contributed by atoms with Crippen LogP contribution in [0, 0.1) is 0 Å². The van der Waals surface area contributed by atoms with Gasteiger partial charge in [0.15, 0.2) is 0 Å². The number of hydrogen-bond acceptors (Lipinski definition) is 2. The molecular formula is C22H18F3NO2. The largest absolute Gasteiger partial charge is 0.508 e. The number of phenols is 1. The highest BCUT2D eigenvalue weighted by molar-refractivity contribution is 5.94. The molecule has 0 aliphatic carbocycles. The molecule has 144 valence electrons. The molecule has 28 heavy (non-hydrogen) atoms. The third kappa shape index (κ3) is 4.91. The lowest BCUT2D eigenvalue weighted by Gasteiger charge is -2.10. The average molecular weight is 385 g/mol. The summed E-state index contributed by atoms with van der Waals surface area (Å²) < 4.78 is 38.2. The SMILES string of the molecule is O=C(NCCc1cccc(C(F)(F)F)c1)c1ccc(-c2ccc(O)cc2)cc1. The zero-order valence-electron chi connectivity index (χ0n) is 14.8. The highest BCUT2D eigenvalue weighted by Crippen LogP contribution is 2.29. The molecule has 3 nitrogen and oxygen atoms in total. The average Bonchev–Trinajstić information content (AvgIpc) is 2.68. The lowest BCUT2D eigenvalue weighted by Crippen LogP contribution is -2.25. The Morgan fingerprint density at radius 1 is 0.893 bits per heavy atom. The predicted octanol–water partition coefficient (Wildman–Crippen LogP) is 5.05. The molecule has 0 saturated heterocycles. The van der Waals surface area contributed by atoms with E-state index in [1.165, 1.54) is 6.07 Å². The summed E-state index contributed by atoms with van der Waals surface area (Å²) >= 11 is 0. The maximum atomic E-state index is 12.7. The number of carbonyl (C=O) groups excluding carboxylic acids is 1. The Bertz CT molecular complexity index is 949. The number of carbonyl (C=O) groups is 1. The van der Waals surface area contributed by atoms with Crippen molar-refractivity contribution in [2.75, 3.05) is 6.54 Å². The number of rotatable bonds is 5. The molecule has 0 heterocycles. The van der Waals surface area contributed by atoms with Crippen LogP contribution in [0.1, 0.15) is 21.5 Å². The maximum absolute atomic E-state index is 12.7. The van der Waals surface area contributed by atoms with Gasteiger partial charge in [-0.15, -0.1) is 0 Å². The first kappa shape index (κ1) is 19.5. The van der Waals surface area contributed by atoms with Crippen LogP contribution in [-0.4, -0.2) is 17.6 Å². The number of benzene rings is 3. The monoisotopic (exact) mass is 385 g/mol. The second-order valence-electron chi connectivity index (χ2n) is 6.33. The first-order chi connectivity index (χ1) is 13.3. The van der Waals surface area contributed by atoms with Crippen molar-refractivity contribution in [2.24, 2.45) is 0 Å². The van der Waals surface area contributed by atoms with Crippen LogP contribution >= 0.6 is 0 Å². The summed E-state index contributed by atoms with van der Waals surface area (Å²) in [7, 11) is 0. The van der Waals surface area contributed by atoms with Gasteiger partial charge in [-0.25, -0.2) is 0 Å². The Morgan fingerprint density at radius 3 is 2.11 bits per heavy atom. The van der Waals surface area contributed by atoms with E-state index in [0.717, 1.165) is 23.3 Å². The zero-order chi connectivity index (χ0) is 20.1. The van der Waals surface area contributed by atoms with Crippen molar-refractivity contribution in [3.63, 3.8) is 0 Å². The molecule has 0 aliphatic rings. The normalized spacial score (nSPS) is 11.2. The molecule has 3 rings (SSSR count). The third-order valence-corrected chi connectivity index (χ3v) is 4.30. The molecule has 0 aliphatic heterocycles. The van der Waals surface area contributed by atoms with Crippen LogP contribution in [0.2, 0.25) is 0 Å². The van der Waals surface area contributed by atoms with Gasteiger partial charge in [0.25, 0.3) is 5.91 Å². The van der Waals surface area contributed by atoms with E-state index in [1.54, 1.807) is 54.6 Å². The van der Waals surface area contributed by atoms with Gasteiger partial charge in [-0.1, -0.05) is 42.5 Å². The molecule has 0 saturated carbocycles. The second-order valence-corrected chi connectivity index (χ2v) is 6.33. The van der Waals surface area contributed by atoms with Gasteiger partial charge in [0, 0.05) is 12.1 Å². The number of phenolic OH excluding ortho intramolecular Hbond substituents is 1. The van der Waals surface area contributed by atoms with Crippen LogP contribution in [0.5, 0.6) is 5.75 Å². The maximum Gasteiger partial charge on any atom is 0.416 e. The molecule has 0 unspecified atom stereocenters. The van der Waals surface area contributed by atoms with E-state index in [9.17, 15) is 23.1 Å². The summed E-state index contributed by atoms with van der Waals surface area (Å²) in [6, 6.07) is 18.8. The van der Waals surface area contributed by atoms with E-state index >= 15 is 0 Å². The Kier molecular flexibility index (Phi) is 5.68. The van der Waals surface area contributed by atoms with Crippen LogP contribution in [0.3, 0.4) is 0 Å². The Labute approximate surface area is 160 Å². The lowest BCUT2D eigenvalue weighted by molar-refractivity contribution is -0.137. The number of halogens is 3. The summed E-state index contributed by atoms with van der Waals surface area (Å²) in [5.74, 6) is -0.107. The molecule has 0 atom stereocenters. The van der Waals surface area contributed by atoms with E-state index in [1.807, 2.05) is 0 Å². The summed E-state index contributed by atoms with van der Waals surface area (Å²) in [5, 5.41) is 12.1. The molecule has 3 aromatic carbocycles. The van der Waals surface area contributed by atoms with E-state index < -0.39 is 11.7 Å². The van der Waals surface area contributed by atoms with Gasteiger partial charge in [0.1, 0.15) is 5.75 Å². The highest BCUT2D eigenvalue weighted by Gasteiger charge is 2.30. The van der Waals surface area contributed by atoms with Crippen molar-refractivity contribution in [1.82, 2.24) is 5.32 Å². The number of amides is 1. The van der Waals surface area contributed by atoms with Crippen molar-refractivity contribution < 1.29 is 23.1 Å². The van der Waals surface area contributed by atoms with Gasteiger partial charge in [-0.2, -0.15) is 13.2 Å². The van der Waals surface area contributed by atoms with Gasteiger partial charge in [0.2, 0.25) is 0 Å². The van der Waals surface area contributed by atoms with Crippen LogP contribution in [0.15, 0.2) is 72.8 Å². The standard InChI is InChI=1S/C22H18F3NO2/c23-22(24,25)19-3-1-2-15(14-19)12-13-26-21(28)18-6-4-16(5-7-18)17-8-10-20(27)11-9-17/h1-11,14,27H,12-13H2,(H,26,28). The molecule has 1 amide bonds. The molecule has 0 bridgehead atoms. The Balaban J connectivity index is 1.57. The molecule has 0 fully saturated rings. The number of alkyl halides is 3. The highest BCUT2D eigenvalue weighted by atomic mass is 19.4. The molecule has 0 spiro atoms. The molecule has 0 aromatic heterocycles. The van der Waals surface area contributed by atoms with Gasteiger partial charge < -0.3 is 10.4 Å². The van der Waals surface area contributed by atoms with Crippen LogP contribution in [0.4, 0.5) is 13.2 Å². The number of nitrogens with one attached hydrogen (secondary N) is 1. The quantitative estimate of drug-likeness (QED) is 0.646. The first-order valence-corrected chi connectivity index (χ1v) is 8.67. The van der Waals surface area contributed by atoms with E-state index in [0.29, 0.717) is 17.5 Å². The van der Waals surface area contributed by atoms with E-state index in [4.69, 9.17) is 0 Å². The van der Waals surface area contributed by atoms with Gasteiger partial charge >= 0.3 is 6.18 Å². The Hall–Kier alpha value is -3.28. The van der Waals surface area contributed by atoms with Crippen molar-refractivity contribution in [1.29, 1.82) is 0 Å². The summed E-state index contributed by atoms with van der Waals surface area (Å²) in [6.45, 7) is 0.236. The minimum atomic E-state index is -4.38. The van der Waals surface area contributed by atoms with Crippen molar-refractivity contribution in [3.8, 4) is 16.9 Å². The zero-order valence-corrected chi connectivity index (χ0v) is 14.8. The van der Waals surface area contributed by atoms with Crippen LogP contribution in [-0.2, 0) is 12.6 Å². The topological polar surface area (TPSA) is 49.3 Å². The molecule has 2 N–H and O–H groups in total. The van der Waals surface area contributed by atoms with Gasteiger partial charge in [0.05, 0.1) is 5.56 Å². The molecule has 3 aromatic rings. The minimum Gasteiger partial charge on any atom is -0.508 e. The minimum absolute atomic E-state index is 0.181. The molecule has 6 heteroatoms. The smallest absolute Gasteiger partial charge is 0.416 e. The summed E-state index contributed by atoms with van der Waals surface area (Å²) in [5.41, 5.74) is 2.10. The first-order valence-electron chi connectivity index (χ1n) is 8.67. The third-order valence-electron chi connectivity index (χ3n) is 4.30. The predicted molar refractivity (Wildman–Crippen MR) is 101 cm³/mol. The van der Waals surface area contributed by atoms with Crippen LogP contribution in [0.25, 0.3) is 11.1 Å².